The first-order chi connectivity index (χ1) is 7.04. The van der Waals surface area contributed by atoms with Crippen LogP contribution in [-0.4, -0.2) is 17.0 Å². The first-order valence-corrected chi connectivity index (χ1v) is 4.38. The molecule has 0 aliphatic carbocycles. The van der Waals surface area contributed by atoms with Crippen molar-refractivity contribution >= 4 is 29.2 Å². The fourth-order valence-electron chi connectivity index (χ4n) is 0.938. The minimum atomic E-state index is -1.08. The maximum absolute atomic E-state index is 11.0. The van der Waals surface area contributed by atoms with Gasteiger partial charge in [0.05, 0.1) is 16.3 Å². The second-order valence-corrected chi connectivity index (χ2v) is 3.10. The Kier molecular flexibility index (Phi) is 3.46. The van der Waals surface area contributed by atoms with Gasteiger partial charge in [-0.25, -0.2) is 4.79 Å². The molecular formula is C10H8ClNO3. The Labute approximate surface area is 91.2 Å². The molecule has 1 aromatic carbocycles. The fourth-order valence-corrected chi connectivity index (χ4v) is 1.10. The number of benzene rings is 1. The number of aromatic carboxylic acids is 1. The number of hydrogen-bond acceptors (Lipinski definition) is 2. The van der Waals surface area contributed by atoms with Gasteiger partial charge in [-0.15, -0.1) is 0 Å². The van der Waals surface area contributed by atoms with E-state index in [9.17, 15) is 9.59 Å². The van der Waals surface area contributed by atoms with Gasteiger partial charge in [0.1, 0.15) is 0 Å². The third kappa shape index (κ3) is 2.82. The summed E-state index contributed by atoms with van der Waals surface area (Å²) in [6, 6.07) is 4.05. The van der Waals surface area contributed by atoms with Gasteiger partial charge in [0.15, 0.2) is 0 Å². The molecule has 4 nitrogen and oxygen atoms in total. The maximum Gasteiger partial charge on any atom is 0.335 e. The molecule has 1 amide bonds. The first-order valence-electron chi connectivity index (χ1n) is 4.01. The number of nitrogens with one attached hydrogen (secondary N) is 1. The van der Waals surface area contributed by atoms with Gasteiger partial charge < -0.3 is 10.4 Å². The Morgan fingerprint density at radius 3 is 2.67 bits per heavy atom. The van der Waals surface area contributed by atoms with Crippen molar-refractivity contribution in [2.75, 3.05) is 5.32 Å². The maximum atomic E-state index is 11.0. The van der Waals surface area contributed by atoms with E-state index in [1.165, 1.54) is 18.2 Å². The predicted molar refractivity (Wildman–Crippen MR) is 57.2 cm³/mol. The molecule has 0 spiro atoms. The number of carboxylic acids is 1. The van der Waals surface area contributed by atoms with Crippen molar-refractivity contribution in [3.8, 4) is 0 Å². The summed E-state index contributed by atoms with van der Waals surface area (Å²) in [5.41, 5.74) is 0.306. The van der Waals surface area contributed by atoms with Gasteiger partial charge >= 0.3 is 5.97 Å². The molecule has 78 valence electrons. The van der Waals surface area contributed by atoms with E-state index in [-0.39, 0.29) is 16.3 Å². The molecule has 1 rings (SSSR count). The standard InChI is InChI=1S/C10H8ClNO3/c1-2-9(13)12-8-5-6(10(14)15)3-4-7(8)11/h2-5H,1H2,(H,12,13)(H,14,15). The topological polar surface area (TPSA) is 66.4 Å². The number of rotatable bonds is 3. The van der Waals surface area contributed by atoms with Gasteiger partial charge in [-0.1, -0.05) is 18.2 Å². The highest BCUT2D eigenvalue weighted by Crippen LogP contribution is 2.22. The molecule has 0 radical (unpaired) electrons. The van der Waals surface area contributed by atoms with E-state index in [0.717, 1.165) is 6.08 Å². The molecule has 0 aromatic heterocycles. The molecule has 0 atom stereocenters. The van der Waals surface area contributed by atoms with E-state index < -0.39 is 11.9 Å². The minimum absolute atomic E-state index is 0.0544. The SMILES string of the molecule is C=CC(=O)Nc1cc(C(=O)O)ccc1Cl. The Hall–Kier alpha value is -1.81. The highest BCUT2D eigenvalue weighted by Gasteiger charge is 2.08. The van der Waals surface area contributed by atoms with Crippen LogP contribution in [-0.2, 0) is 4.79 Å². The summed E-state index contributed by atoms with van der Waals surface area (Å²) < 4.78 is 0. The smallest absolute Gasteiger partial charge is 0.335 e. The van der Waals surface area contributed by atoms with E-state index in [1.54, 1.807) is 0 Å². The van der Waals surface area contributed by atoms with Crippen molar-refractivity contribution in [3.63, 3.8) is 0 Å². The number of anilines is 1. The summed E-state index contributed by atoms with van der Waals surface area (Å²) in [5.74, 6) is -1.53. The van der Waals surface area contributed by atoms with E-state index in [0.29, 0.717) is 0 Å². The molecule has 0 fully saturated rings. The molecule has 0 bridgehead atoms. The third-order valence-electron chi connectivity index (χ3n) is 1.66. The van der Waals surface area contributed by atoms with Crippen LogP contribution in [0.4, 0.5) is 5.69 Å². The number of carboxylic acid groups (broad SMARTS) is 1. The van der Waals surface area contributed by atoms with E-state index in [4.69, 9.17) is 16.7 Å². The van der Waals surface area contributed by atoms with Gasteiger partial charge in [-0.2, -0.15) is 0 Å². The van der Waals surface area contributed by atoms with Crippen LogP contribution in [0, 0.1) is 0 Å². The van der Waals surface area contributed by atoms with Crippen LogP contribution in [0.5, 0.6) is 0 Å². The van der Waals surface area contributed by atoms with Gasteiger partial charge in [-0.3, -0.25) is 4.79 Å². The molecule has 0 aliphatic heterocycles. The van der Waals surface area contributed by atoms with Crippen LogP contribution in [0.3, 0.4) is 0 Å². The lowest BCUT2D eigenvalue weighted by molar-refractivity contribution is -0.111. The number of carbonyl (C=O) groups is 2. The highest BCUT2D eigenvalue weighted by molar-refractivity contribution is 6.34. The molecule has 2 N–H and O–H groups in total. The second kappa shape index (κ2) is 4.61. The van der Waals surface area contributed by atoms with E-state index >= 15 is 0 Å². The molecular weight excluding hydrogens is 218 g/mol. The lowest BCUT2D eigenvalue weighted by Crippen LogP contribution is -2.08. The molecule has 15 heavy (non-hydrogen) atoms. The van der Waals surface area contributed by atoms with Crippen molar-refractivity contribution in [2.24, 2.45) is 0 Å². The minimum Gasteiger partial charge on any atom is -0.478 e. The average Bonchev–Trinajstić information content (AvgIpc) is 2.20. The molecule has 5 heteroatoms. The van der Waals surface area contributed by atoms with Crippen molar-refractivity contribution in [3.05, 3.63) is 41.4 Å². The summed E-state index contributed by atoms with van der Waals surface area (Å²) in [4.78, 5) is 21.6. The van der Waals surface area contributed by atoms with Gasteiger partial charge in [0.2, 0.25) is 5.91 Å². The van der Waals surface area contributed by atoms with Crippen LogP contribution in [0.1, 0.15) is 10.4 Å². The lowest BCUT2D eigenvalue weighted by atomic mass is 10.2. The van der Waals surface area contributed by atoms with Crippen LogP contribution in [0.2, 0.25) is 5.02 Å². The monoisotopic (exact) mass is 225 g/mol. The first kappa shape index (κ1) is 11.3. The molecule has 1 aromatic rings. The van der Waals surface area contributed by atoms with Gasteiger partial charge in [0, 0.05) is 0 Å². The Morgan fingerprint density at radius 2 is 2.13 bits per heavy atom. The second-order valence-electron chi connectivity index (χ2n) is 2.69. The predicted octanol–water partition coefficient (Wildman–Crippen LogP) is 2.16. The fraction of sp³-hybridized carbons (Fsp3) is 0. The third-order valence-corrected chi connectivity index (χ3v) is 1.99. The number of halogens is 1. The average molecular weight is 226 g/mol. The Balaban J connectivity index is 3.05. The van der Waals surface area contributed by atoms with Crippen molar-refractivity contribution in [2.45, 2.75) is 0 Å². The molecule has 0 heterocycles. The van der Waals surface area contributed by atoms with Crippen molar-refractivity contribution in [1.82, 2.24) is 0 Å². The summed E-state index contributed by atoms with van der Waals surface area (Å²) in [6.45, 7) is 3.27. The van der Waals surface area contributed by atoms with Gasteiger partial charge in [0.25, 0.3) is 0 Å². The zero-order valence-electron chi connectivity index (χ0n) is 7.66. The lowest BCUT2D eigenvalue weighted by Gasteiger charge is -2.05. The summed E-state index contributed by atoms with van der Waals surface area (Å²) in [5, 5.41) is 11.4. The van der Waals surface area contributed by atoms with Crippen LogP contribution in [0.15, 0.2) is 30.9 Å². The van der Waals surface area contributed by atoms with Crippen LogP contribution in [0.25, 0.3) is 0 Å². The number of carbonyl (C=O) groups excluding carboxylic acids is 1. The molecule has 0 unspecified atom stereocenters. The van der Waals surface area contributed by atoms with Crippen molar-refractivity contribution < 1.29 is 14.7 Å². The van der Waals surface area contributed by atoms with Crippen LogP contribution < -0.4 is 5.32 Å². The van der Waals surface area contributed by atoms with E-state index in [2.05, 4.69) is 11.9 Å². The van der Waals surface area contributed by atoms with Gasteiger partial charge in [-0.05, 0) is 24.3 Å². The zero-order valence-corrected chi connectivity index (χ0v) is 8.41. The normalized spacial score (nSPS) is 9.40. The van der Waals surface area contributed by atoms with Crippen molar-refractivity contribution in [1.29, 1.82) is 0 Å². The van der Waals surface area contributed by atoms with E-state index in [1.807, 2.05) is 0 Å². The number of amides is 1. The molecule has 0 aliphatic rings. The Bertz CT molecular complexity index is 429. The largest absolute Gasteiger partial charge is 0.478 e. The zero-order chi connectivity index (χ0) is 11.4. The molecule has 0 saturated carbocycles. The molecule has 0 saturated heterocycles. The summed E-state index contributed by atoms with van der Waals surface area (Å²) in [7, 11) is 0. The summed E-state index contributed by atoms with van der Waals surface area (Å²) in [6.07, 6.45) is 1.07. The summed E-state index contributed by atoms with van der Waals surface area (Å²) >= 11 is 5.76. The number of hydrogen-bond donors (Lipinski definition) is 2. The quantitative estimate of drug-likeness (QED) is 0.775. The Morgan fingerprint density at radius 1 is 1.47 bits per heavy atom. The highest BCUT2D eigenvalue weighted by atomic mass is 35.5. The van der Waals surface area contributed by atoms with Crippen LogP contribution >= 0.6 is 11.6 Å².